The van der Waals surface area contributed by atoms with Crippen LogP contribution < -0.4 is 9.64 Å². The van der Waals surface area contributed by atoms with E-state index < -0.39 is 5.60 Å². The third-order valence-electron chi connectivity index (χ3n) is 5.01. The zero-order valence-corrected chi connectivity index (χ0v) is 15.5. The fourth-order valence-corrected chi connectivity index (χ4v) is 3.36. The van der Waals surface area contributed by atoms with Gasteiger partial charge in [-0.1, -0.05) is 23.3 Å². The van der Waals surface area contributed by atoms with E-state index in [0.29, 0.717) is 25.3 Å². The van der Waals surface area contributed by atoms with Gasteiger partial charge >= 0.3 is 0 Å². The minimum absolute atomic E-state index is 0.228. The van der Waals surface area contributed by atoms with Crippen molar-refractivity contribution in [3.8, 4) is 17.2 Å². The molecule has 1 saturated heterocycles. The maximum Gasteiger partial charge on any atom is 0.250 e. The third kappa shape index (κ3) is 3.97. The highest BCUT2D eigenvalue weighted by molar-refractivity contribution is 5.44. The normalized spacial score (nSPS) is 20.0. The van der Waals surface area contributed by atoms with Crippen molar-refractivity contribution in [1.82, 2.24) is 20.2 Å². The number of aliphatic hydroxyl groups excluding tert-OH is 1. The van der Waals surface area contributed by atoms with E-state index in [0.717, 1.165) is 30.2 Å². The summed E-state index contributed by atoms with van der Waals surface area (Å²) >= 11 is 0. The first-order valence-electron chi connectivity index (χ1n) is 9.37. The van der Waals surface area contributed by atoms with Crippen LogP contribution in [0.1, 0.15) is 19.3 Å². The summed E-state index contributed by atoms with van der Waals surface area (Å²) in [6.45, 7) is 1.07. The van der Waals surface area contributed by atoms with Crippen LogP contribution in [0.5, 0.6) is 11.5 Å². The molecule has 1 aromatic heterocycles. The Morgan fingerprint density at radius 3 is 2.46 bits per heavy atom. The molecule has 8 nitrogen and oxygen atoms in total. The summed E-state index contributed by atoms with van der Waals surface area (Å²) in [6.07, 6.45) is 1.79. The van der Waals surface area contributed by atoms with E-state index in [1.807, 2.05) is 59.5 Å². The molecule has 2 aromatic carbocycles. The Morgan fingerprint density at radius 2 is 1.71 bits per heavy atom. The summed E-state index contributed by atoms with van der Waals surface area (Å²) in [7, 11) is 0. The maximum atomic E-state index is 10.4. The molecule has 0 saturated carbocycles. The summed E-state index contributed by atoms with van der Waals surface area (Å²) < 4.78 is 7.50. The molecule has 28 heavy (non-hydrogen) atoms. The van der Waals surface area contributed by atoms with Gasteiger partial charge in [0.15, 0.2) is 0 Å². The Bertz CT molecular complexity index is 900. The molecule has 2 heterocycles. The van der Waals surface area contributed by atoms with Gasteiger partial charge in [0.25, 0.3) is 0 Å². The molecule has 0 bridgehead atoms. The molecule has 2 N–H and O–H groups in total. The number of hydrogen-bond acceptors (Lipinski definition) is 7. The molecular formula is C20H23N5O3. The minimum atomic E-state index is -1.02. The van der Waals surface area contributed by atoms with Gasteiger partial charge in [0.05, 0.1) is 17.9 Å². The smallest absolute Gasteiger partial charge is 0.250 e. The minimum Gasteiger partial charge on any atom is -0.457 e. The van der Waals surface area contributed by atoms with Crippen LogP contribution in [0.4, 0.5) is 5.95 Å². The van der Waals surface area contributed by atoms with Gasteiger partial charge in [-0.05, 0) is 66.1 Å². The Balaban J connectivity index is 1.51. The second-order valence-corrected chi connectivity index (χ2v) is 7.02. The van der Waals surface area contributed by atoms with E-state index in [1.165, 1.54) is 0 Å². The van der Waals surface area contributed by atoms with Crippen LogP contribution in [-0.2, 0) is 0 Å². The molecule has 0 amide bonds. The summed E-state index contributed by atoms with van der Waals surface area (Å²) in [5.41, 5.74) is -0.203. The van der Waals surface area contributed by atoms with Crippen LogP contribution in [0, 0.1) is 0 Å². The molecule has 0 radical (unpaired) electrons. The standard InChI is InChI=1S/C20H23N5O3/c26-15-20(27)11-4-13-24(14-12-20)19-21-22-23-25(19)16-7-9-18(10-8-16)28-17-5-2-1-3-6-17/h1-3,5-10,26-27H,4,11-15H2/t20-/m0/s1. The predicted octanol–water partition coefficient (Wildman–Crippen LogP) is 2.17. The van der Waals surface area contributed by atoms with E-state index in [1.54, 1.807) is 4.68 Å². The van der Waals surface area contributed by atoms with Gasteiger partial charge in [0, 0.05) is 13.1 Å². The van der Waals surface area contributed by atoms with E-state index in [4.69, 9.17) is 4.74 Å². The van der Waals surface area contributed by atoms with Crippen LogP contribution in [0.15, 0.2) is 54.6 Å². The van der Waals surface area contributed by atoms with Crippen molar-refractivity contribution in [2.75, 3.05) is 24.6 Å². The van der Waals surface area contributed by atoms with Crippen LogP contribution >= 0.6 is 0 Å². The Morgan fingerprint density at radius 1 is 0.964 bits per heavy atom. The number of aromatic nitrogens is 4. The van der Waals surface area contributed by atoms with Gasteiger partial charge in [-0.3, -0.25) is 0 Å². The van der Waals surface area contributed by atoms with Crippen molar-refractivity contribution >= 4 is 5.95 Å². The number of hydrogen-bond donors (Lipinski definition) is 2. The number of para-hydroxylation sites is 1. The zero-order chi connectivity index (χ0) is 19.4. The number of rotatable bonds is 5. The second kappa shape index (κ2) is 7.95. The number of benzene rings is 2. The molecule has 0 aliphatic carbocycles. The molecule has 0 unspecified atom stereocenters. The third-order valence-corrected chi connectivity index (χ3v) is 5.01. The average molecular weight is 381 g/mol. The average Bonchev–Trinajstić information content (AvgIpc) is 3.13. The first-order chi connectivity index (χ1) is 13.7. The van der Waals surface area contributed by atoms with Gasteiger partial charge < -0.3 is 19.8 Å². The van der Waals surface area contributed by atoms with Crippen molar-refractivity contribution in [2.24, 2.45) is 0 Å². The van der Waals surface area contributed by atoms with Gasteiger partial charge in [0.2, 0.25) is 5.95 Å². The summed E-state index contributed by atoms with van der Waals surface area (Å²) in [5, 5.41) is 31.9. The van der Waals surface area contributed by atoms with E-state index in [2.05, 4.69) is 15.5 Å². The lowest BCUT2D eigenvalue weighted by Gasteiger charge is -2.24. The number of nitrogens with zero attached hydrogens (tertiary/aromatic N) is 5. The maximum absolute atomic E-state index is 10.4. The molecule has 1 aliphatic rings. The molecule has 1 atom stereocenters. The van der Waals surface area contributed by atoms with Gasteiger partial charge in [-0.15, -0.1) is 0 Å². The van der Waals surface area contributed by atoms with Crippen molar-refractivity contribution in [2.45, 2.75) is 24.9 Å². The summed E-state index contributed by atoms with van der Waals surface area (Å²) in [5.74, 6) is 2.13. The molecule has 1 fully saturated rings. The number of anilines is 1. The van der Waals surface area contributed by atoms with Crippen molar-refractivity contribution in [3.63, 3.8) is 0 Å². The van der Waals surface area contributed by atoms with Gasteiger partial charge in [-0.2, -0.15) is 4.68 Å². The molecule has 3 aromatic rings. The van der Waals surface area contributed by atoms with Crippen LogP contribution in [-0.4, -0.2) is 55.7 Å². The fourth-order valence-electron chi connectivity index (χ4n) is 3.36. The quantitative estimate of drug-likeness (QED) is 0.699. The van der Waals surface area contributed by atoms with Crippen molar-refractivity contribution in [1.29, 1.82) is 0 Å². The zero-order valence-electron chi connectivity index (χ0n) is 15.5. The van der Waals surface area contributed by atoms with Crippen molar-refractivity contribution in [3.05, 3.63) is 54.6 Å². The van der Waals surface area contributed by atoms with E-state index in [-0.39, 0.29) is 6.61 Å². The van der Waals surface area contributed by atoms with E-state index in [9.17, 15) is 10.2 Å². The Labute approximate surface area is 163 Å². The number of aliphatic hydroxyl groups is 2. The second-order valence-electron chi connectivity index (χ2n) is 7.02. The molecule has 0 spiro atoms. The summed E-state index contributed by atoms with van der Waals surface area (Å²) in [4.78, 5) is 2.04. The van der Waals surface area contributed by atoms with E-state index >= 15 is 0 Å². The summed E-state index contributed by atoms with van der Waals surface area (Å²) in [6, 6.07) is 17.2. The molecule has 4 rings (SSSR count). The molecule has 1 aliphatic heterocycles. The van der Waals surface area contributed by atoms with Crippen LogP contribution in [0.25, 0.3) is 5.69 Å². The lowest BCUT2D eigenvalue weighted by Crippen LogP contribution is -2.35. The molecule has 8 heteroatoms. The largest absolute Gasteiger partial charge is 0.457 e. The molecular weight excluding hydrogens is 358 g/mol. The first-order valence-corrected chi connectivity index (χ1v) is 9.37. The van der Waals surface area contributed by atoms with Crippen molar-refractivity contribution < 1.29 is 14.9 Å². The Hall–Kier alpha value is -2.97. The lowest BCUT2D eigenvalue weighted by atomic mass is 9.96. The SMILES string of the molecule is OC[C@]1(O)CCCN(c2nnnn2-c2ccc(Oc3ccccc3)cc2)CC1. The van der Waals surface area contributed by atoms with Crippen LogP contribution in [0.3, 0.4) is 0 Å². The number of tetrazole rings is 1. The van der Waals surface area contributed by atoms with Crippen LogP contribution in [0.2, 0.25) is 0 Å². The lowest BCUT2D eigenvalue weighted by molar-refractivity contribution is -0.0232. The van der Waals surface area contributed by atoms with Gasteiger partial charge in [0.1, 0.15) is 11.5 Å². The Kier molecular flexibility index (Phi) is 5.23. The highest BCUT2D eigenvalue weighted by Crippen LogP contribution is 2.26. The topological polar surface area (TPSA) is 96.5 Å². The van der Waals surface area contributed by atoms with Gasteiger partial charge in [-0.25, -0.2) is 0 Å². The number of ether oxygens (including phenoxy) is 1. The monoisotopic (exact) mass is 381 g/mol. The first kappa shape index (κ1) is 18.4. The fraction of sp³-hybridized carbons (Fsp3) is 0.350. The molecule has 146 valence electrons. The predicted molar refractivity (Wildman–Crippen MR) is 104 cm³/mol. The highest BCUT2D eigenvalue weighted by atomic mass is 16.5. The highest BCUT2D eigenvalue weighted by Gasteiger charge is 2.31.